The van der Waals surface area contributed by atoms with E-state index >= 15 is 0 Å². The molecule has 1 aromatic heterocycles. The predicted molar refractivity (Wildman–Crippen MR) is 89.4 cm³/mol. The molecule has 7 nitrogen and oxygen atoms in total. The highest BCUT2D eigenvalue weighted by atomic mass is 35.5. The number of hydrogen-bond acceptors (Lipinski definition) is 5. The van der Waals surface area contributed by atoms with Crippen molar-refractivity contribution in [1.82, 2.24) is 14.8 Å². The van der Waals surface area contributed by atoms with Crippen molar-refractivity contribution in [2.75, 3.05) is 0 Å². The van der Waals surface area contributed by atoms with Crippen molar-refractivity contribution in [2.45, 2.75) is 31.7 Å². The highest BCUT2D eigenvalue weighted by Crippen LogP contribution is 2.34. The van der Waals surface area contributed by atoms with Crippen LogP contribution in [0, 0.1) is 5.82 Å². The second-order valence-corrected chi connectivity index (χ2v) is 6.36. The lowest BCUT2D eigenvalue weighted by Crippen LogP contribution is -2.51. The van der Waals surface area contributed by atoms with Gasteiger partial charge in [0.2, 0.25) is 5.72 Å². The molecule has 3 rings (SSSR count). The van der Waals surface area contributed by atoms with Crippen molar-refractivity contribution in [2.24, 2.45) is 5.10 Å². The van der Waals surface area contributed by atoms with E-state index in [0.717, 1.165) is 16.8 Å². The normalized spacial score (nSPS) is 19.2. The molecule has 1 unspecified atom stereocenters. The molecule has 1 aromatic carbocycles. The van der Waals surface area contributed by atoms with Crippen molar-refractivity contribution < 1.29 is 36.6 Å². The van der Waals surface area contributed by atoms with Gasteiger partial charge < -0.3 is 9.84 Å². The summed E-state index contributed by atoms with van der Waals surface area (Å²) in [6, 6.07) is 4.68. The van der Waals surface area contributed by atoms with Crippen LogP contribution in [0.4, 0.5) is 22.0 Å². The number of aliphatic hydroxyl groups is 1. The van der Waals surface area contributed by atoms with E-state index < -0.39 is 48.1 Å². The van der Waals surface area contributed by atoms with E-state index in [-0.39, 0.29) is 22.5 Å². The highest BCUT2D eigenvalue weighted by molar-refractivity contribution is 6.30. The first-order chi connectivity index (χ1) is 13.6. The fourth-order valence-electron chi connectivity index (χ4n) is 2.47. The van der Waals surface area contributed by atoms with Crippen LogP contribution in [-0.2, 0) is 6.73 Å². The van der Waals surface area contributed by atoms with Gasteiger partial charge >= 0.3 is 0 Å². The Morgan fingerprint density at radius 1 is 1.31 bits per heavy atom. The molecule has 0 spiro atoms. The Morgan fingerprint density at radius 3 is 2.66 bits per heavy atom. The van der Waals surface area contributed by atoms with Gasteiger partial charge in [-0.3, -0.25) is 4.79 Å². The quantitative estimate of drug-likeness (QED) is 0.703. The third-order valence-electron chi connectivity index (χ3n) is 3.94. The van der Waals surface area contributed by atoms with Crippen molar-refractivity contribution in [3.05, 3.63) is 47.0 Å². The molecule has 156 valence electrons. The summed E-state index contributed by atoms with van der Waals surface area (Å²) in [5.41, 5.74) is -4.69. The highest BCUT2D eigenvalue weighted by Gasteiger charge is 2.53. The number of hydrogen-bond donors (Lipinski definition) is 1. The number of benzene rings is 1. The Hall–Kier alpha value is -2.73. The number of hydrazone groups is 1. The molecular formula is C16H12ClF5N4O3. The zero-order valence-corrected chi connectivity index (χ0v) is 15.0. The Balaban J connectivity index is 1.74. The van der Waals surface area contributed by atoms with Gasteiger partial charge in [0.1, 0.15) is 17.3 Å². The largest absolute Gasteiger partial charge is 0.471 e. The molecule has 0 fully saturated rings. The second kappa shape index (κ2) is 7.95. The number of amides is 1. The fraction of sp³-hybridized carbons (Fsp3) is 0.312. The molecule has 1 atom stereocenters. The average molecular weight is 439 g/mol. The van der Waals surface area contributed by atoms with Gasteiger partial charge in [0.15, 0.2) is 12.4 Å². The molecule has 0 aliphatic carbocycles. The number of alkyl halides is 4. The van der Waals surface area contributed by atoms with E-state index in [1.807, 2.05) is 0 Å². The van der Waals surface area contributed by atoms with Gasteiger partial charge in [-0.2, -0.15) is 15.2 Å². The first-order valence-corrected chi connectivity index (χ1v) is 8.31. The standard InChI is InChI=1S/C16H12ClF5N4O3/c17-9-5-8(1-2-10(9)18)29-7-25-4-3-11(23-25)14(27)26-16(28,15(21)22)6-12(24-26)13(19)20/h1-5,13,15,28H,6-7H2. The predicted octanol–water partition coefficient (Wildman–Crippen LogP) is 3.13. The van der Waals surface area contributed by atoms with Crippen LogP contribution < -0.4 is 4.74 Å². The van der Waals surface area contributed by atoms with Gasteiger partial charge in [-0.05, 0) is 18.2 Å². The van der Waals surface area contributed by atoms with Crippen LogP contribution in [0.5, 0.6) is 5.75 Å². The maximum atomic E-state index is 13.2. The Kier molecular flexibility index (Phi) is 5.75. The summed E-state index contributed by atoms with van der Waals surface area (Å²) in [4.78, 5) is 12.4. The van der Waals surface area contributed by atoms with Crippen LogP contribution in [0.15, 0.2) is 35.6 Å². The molecule has 2 aromatic rings. The van der Waals surface area contributed by atoms with E-state index in [1.54, 1.807) is 0 Å². The third-order valence-corrected chi connectivity index (χ3v) is 4.23. The minimum Gasteiger partial charge on any atom is -0.471 e. The van der Waals surface area contributed by atoms with Crippen LogP contribution >= 0.6 is 11.6 Å². The van der Waals surface area contributed by atoms with Crippen LogP contribution in [0.2, 0.25) is 5.02 Å². The smallest absolute Gasteiger partial charge is 0.297 e. The molecule has 1 aliphatic heterocycles. The van der Waals surface area contributed by atoms with Gasteiger partial charge in [0, 0.05) is 18.7 Å². The molecule has 1 amide bonds. The minimum atomic E-state index is -3.54. The molecule has 1 aliphatic rings. The van der Waals surface area contributed by atoms with Crippen molar-refractivity contribution in [3.63, 3.8) is 0 Å². The maximum Gasteiger partial charge on any atom is 0.297 e. The Morgan fingerprint density at radius 2 is 2.03 bits per heavy atom. The topological polar surface area (TPSA) is 80.0 Å². The summed E-state index contributed by atoms with van der Waals surface area (Å²) in [6.45, 7) is -0.264. The minimum absolute atomic E-state index is 0.0908. The SMILES string of the molecule is O=C(c1ccn(COc2ccc(F)c(Cl)c2)n1)N1N=C(C(F)F)CC1(O)C(F)F. The fourth-order valence-corrected chi connectivity index (χ4v) is 2.64. The number of halogens is 6. The van der Waals surface area contributed by atoms with Gasteiger partial charge in [-0.1, -0.05) is 11.6 Å². The van der Waals surface area contributed by atoms with Gasteiger partial charge in [0.25, 0.3) is 18.8 Å². The van der Waals surface area contributed by atoms with Crippen molar-refractivity contribution in [1.29, 1.82) is 0 Å². The summed E-state index contributed by atoms with van der Waals surface area (Å²) in [7, 11) is 0. The number of rotatable bonds is 6. The summed E-state index contributed by atoms with van der Waals surface area (Å²) in [6.07, 6.45) is -6.71. The monoisotopic (exact) mass is 438 g/mol. The summed E-state index contributed by atoms with van der Waals surface area (Å²) < 4.78 is 71.6. The van der Waals surface area contributed by atoms with Gasteiger partial charge in [-0.15, -0.1) is 0 Å². The van der Waals surface area contributed by atoms with Gasteiger partial charge in [-0.25, -0.2) is 26.6 Å². The number of nitrogens with zero attached hydrogens (tertiary/aromatic N) is 4. The second-order valence-electron chi connectivity index (χ2n) is 5.95. The summed E-state index contributed by atoms with van der Waals surface area (Å²) >= 11 is 5.62. The average Bonchev–Trinajstić information content (AvgIpc) is 3.28. The van der Waals surface area contributed by atoms with E-state index in [4.69, 9.17) is 16.3 Å². The zero-order valence-electron chi connectivity index (χ0n) is 14.3. The van der Waals surface area contributed by atoms with Crippen LogP contribution in [0.3, 0.4) is 0 Å². The summed E-state index contributed by atoms with van der Waals surface area (Å²) in [5.74, 6) is -1.75. The lowest BCUT2D eigenvalue weighted by molar-refractivity contribution is -0.164. The lowest BCUT2D eigenvalue weighted by Gasteiger charge is -2.29. The number of carbonyl (C=O) groups is 1. The number of carbonyl (C=O) groups excluding carboxylic acids is 1. The van der Waals surface area contributed by atoms with E-state index in [0.29, 0.717) is 0 Å². The van der Waals surface area contributed by atoms with E-state index in [9.17, 15) is 31.9 Å². The zero-order chi connectivity index (χ0) is 21.3. The van der Waals surface area contributed by atoms with Crippen LogP contribution in [0.1, 0.15) is 16.9 Å². The molecule has 0 bridgehead atoms. The Labute approximate surface area is 164 Å². The van der Waals surface area contributed by atoms with Gasteiger partial charge in [0.05, 0.1) is 5.02 Å². The van der Waals surface area contributed by atoms with Crippen LogP contribution in [0.25, 0.3) is 0 Å². The summed E-state index contributed by atoms with van der Waals surface area (Å²) in [5, 5.41) is 16.7. The van der Waals surface area contributed by atoms with E-state index in [2.05, 4.69) is 10.2 Å². The van der Waals surface area contributed by atoms with Crippen LogP contribution in [-0.4, -0.2) is 50.1 Å². The number of aromatic nitrogens is 2. The molecule has 0 saturated carbocycles. The molecule has 0 radical (unpaired) electrons. The lowest BCUT2D eigenvalue weighted by atomic mass is 10.1. The Bertz CT molecular complexity index is 954. The number of ether oxygens (including phenoxy) is 1. The van der Waals surface area contributed by atoms with Crippen molar-refractivity contribution >= 4 is 23.2 Å². The molecule has 2 heterocycles. The first kappa shape index (κ1) is 21.0. The van der Waals surface area contributed by atoms with E-state index in [1.165, 1.54) is 18.3 Å². The molecule has 29 heavy (non-hydrogen) atoms. The third kappa shape index (κ3) is 4.17. The van der Waals surface area contributed by atoms with Crippen molar-refractivity contribution in [3.8, 4) is 5.75 Å². The maximum absolute atomic E-state index is 13.2. The molecule has 1 N–H and O–H groups in total. The first-order valence-electron chi connectivity index (χ1n) is 7.93. The molecular weight excluding hydrogens is 427 g/mol. The molecule has 0 saturated heterocycles. The molecule has 13 heteroatoms.